The first-order valence-electron chi connectivity index (χ1n) is 4.90. The van der Waals surface area contributed by atoms with Crippen molar-refractivity contribution in [2.45, 2.75) is 13.8 Å². The highest BCUT2D eigenvalue weighted by Crippen LogP contribution is 2.32. The van der Waals surface area contributed by atoms with Gasteiger partial charge in [-0.15, -0.1) is 0 Å². The van der Waals surface area contributed by atoms with Crippen LogP contribution >= 0.6 is 0 Å². The molecule has 0 unspecified atom stereocenters. The minimum atomic E-state index is -0.606. The molecule has 1 aromatic rings. The topological polar surface area (TPSA) is 61.2 Å². The summed E-state index contributed by atoms with van der Waals surface area (Å²) in [5.41, 5.74) is 2.76. The van der Waals surface area contributed by atoms with E-state index < -0.39 is 11.7 Å². The third-order valence-electron chi connectivity index (χ3n) is 2.65. The van der Waals surface area contributed by atoms with Gasteiger partial charge in [0.05, 0.1) is 17.3 Å². The molecular weight excluding hydrogens is 204 g/mol. The second kappa shape index (κ2) is 3.46. The largest absolute Gasteiger partial charge is 0.300 e. The van der Waals surface area contributed by atoms with E-state index >= 15 is 0 Å². The van der Waals surface area contributed by atoms with Gasteiger partial charge in [0, 0.05) is 0 Å². The first-order valence-corrected chi connectivity index (χ1v) is 4.90. The molecule has 0 bridgehead atoms. The number of nitrogens with zero attached hydrogens (tertiary/aromatic N) is 2. The number of hydrogen-bond acceptors (Lipinski definition) is 3. The number of Topliss-reactive ketones (excluding diaryl/α,β-unsaturated/α-hetero) is 1. The second-order valence-corrected chi connectivity index (χ2v) is 3.85. The van der Waals surface area contributed by atoms with Crippen LogP contribution in [0.2, 0.25) is 0 Å². The van der Waals surface area contributed by atoms with E-state index in [0.29, 0.717) is 11.3 Å². The Morgan fingerprint density at radius 1 is 1.31 bits per heavy atom. The van der Waals surface area contributed by atoms with Gasteiger partial charge in [0.2, 0.25) is 0 Å². The molecule has 0 N–H and O–H groups in total. The number of amides is 1. The lowest BCUT2D eigenvalue weighted by Crippen LogP contribution is -2.29. The lowest BCUT2D eigenvalue weighted by Gasteiger charge is -2.12. The van der Waals surface area contributed by atoms with Crippen LogP contribution in [0.15, 0.2) is 12.1 Å². The van der Waals surface area contributed by atoms with Crippen molar-refractivity contribution in [3.63, 3.8) is 0 Å². The molecular formula is C12H10N2O2. The van der Waals surface area contributed by atoms with E-state index in [0.717, 1.165) is 11.1 Å². The number of nitriles is 1. The van der Waals surface area contributed by atoms with Crippen LogP contribution in [0.4, 0.5) is 5.69 Å². The number of carbonyl (C=O) groups is 2. The van der Waals surface area contributed by atoms with Gasteiger partial charge in [-0.1, -0.05) is 6.07 Å². The third-order valence-corrected chi connectivity index (χ3v) is 2.65. The van der Waals surface area contributed by atoms with Gasteiger partial charge in [-0.05, 0) is 31.0 Å². The molecule has 0 atom stereocenters. The number of aryl methyl sites for hydroxylation is 2. The first-order chi connectivity index (χ1) is 7.56. The molecule has 0 saturated carbocycles. The van der Waals surface area contributed by atoms with Crippen molar-refractivity contribution in [2.24, 2.45) is 0 Å². The molecule has 4 nitrogen and oxygen atoms in total. The smallest absolute Gasteiger partial charge is 0.291 e. The van der Waals surface area contributed by atoms with Gasteiger partial charge < -0.3 is 0 Å². The Balaban J connectivity index is 2.66. The van der Waals surface area contributed by atoms with Crippen molar-refractivity contribution in [2.75, 3.05) is 11.4 Å². The van der Waals surface area contributed by atoms with Crippen molar-refractivity contribution >= 4 is 17.4 Å². The first kappa shape index (κ1) is 10.4. The molecule has 0 aromatic heterocycles. The van der Waals surface area contributed by atoms with E-state index in [9.17, 15) is 9.59 Å². The van der Waals surface area contributed by atoms with Crippen LogP contribution in [0.1, 0.15) is 21.5 Å². The fourth-order valence-corrected chi connectivity index (χ4v) is 2.02. The van der Waals surface area contributed by atoms with Crippen LogP contribution in [-0.4, -0.2) is 18.2 Å². The van der Waals surface area contributed by atoms with Gasteiger partial charge in [-0.2, -0.15) is 5.26 Å². The van der Waals surface area contributed by atoms with E-state index in [1.54, 1.807) is 13.0 Å². The molecule has 1 aliphatic heterocycles. The van der Waals surface area contributed by atoms with Gasteiger partial charge >= 0.3 is 0 Å². The Labute approximate surface area is 93.1 Å². The number of ketones is 1. The Hall–Kier alpha value is -2.15. The van der Waals surface area contributed by atoms with Gasteiger partial charge in [0.25, 0.3) is 11.7 Å². The summed E-state index contributed by atoms with van der Waals surface area (Å²) in [6, 6.07) is 5.52. The average molecular weight is 214 g/mol. The summed E-state index contributed by atoms with van der Waals surface area (Å²) in [4.78, 5) is 24.6. The zero-order valence-corrected chi connectivity index (χ0v) is 9.07. The standard InChI is InChI=1S/C12H10N2O2/c1-7-5-8(2)10-9(6-7)14(4-3-13)12(16)11(10)15/h5-6H,4H2,1-2H3. The highest BCUT2D eigenvalue weighted by atomic mass is 16.2. The normalized spacial score (nSPS) is 13.9. The SMILES string of the molecule is Cc1cc(C)c2c(c1)N(CC#N)C(=O)C2=O. The maximum absolute atomic E-state index is 11.7. The van der Waals surface area contributed by atoms with Crippen molar-refractivity contribution < 1.29 is 9.59 Å². The summed E-state index contributed by atoms with van der Waals surface area (Å²) in [5, 5.41) is 8.64. The minimum Gasteiger partial charge on any atom is -0.291 e. The molecule has 0 radical (unpaired) electrons. The number of rotatable bonds is 1. The molecule has 1 aliphatic rings. The molecule has 4 heteroatoms. The fraction of sp³-hybridized carbons (Fsp3) is 0.250. The second-order valence-electron chi connectivity index (χ2n) is 3.85. The van der Waals surface area contributed by atoms with Crippen molar-refractivity contribution in [1.29, 1.82) is 5.26 Å². The van der Waals surface area contributed by atoms with Crippen LogP contribution in [0.25, 0.3) is 0 Å². The minimum absolute atomic E-state index is 0.0829. The highest BCUT2D eigenvalue weighted by Gasteiger charge is 2.36. The van der Waals surface area contributed by atoms with Gasteiger partial charge in [-0.3, -0.25) is 14.5 Å². The number of benzene rings is 1. The number of hydrogen-bond donors (Lipinski definition) is 0. The highest BCUT2D eigenvalue weighted by molar-refractivity contribution is 6.52. The molecule has 80 valence electrons. The third kappa shape index (κ3) is 1.29. The molecule has 1 heterocycles. The summed E-state index contributed by atoms with van der Waals surface area (Å²) in [5.74, 6) is -1.12. The zero-order chi connectivity index (χ0) is 11.9. The average Bonchev–Trinajstić information content (AvgIpc) is 2.44. The summed E-state index contributed by atoms with van der Waals surface area (Å²) in [6.07, 6.45) is 0. The lowest BCUT2D eigenvalue weighted by molar-refractivity contribution is -0.114. The van der Waals surface area contributed by atoms with Crippen LogP contribution in [0.3, 0.4) is 0 Å². The number of carbonyl (C=O) groups excluding carboxylic acids is 2. The van der Waals surface area contributed by atoms with Gasteiger partial charge in [0.15, 0.2) is 0 Å². The van der Waals surface area contributed by atoms with Crippen LogP contribution in [0.5, 0.6) is 0 Å². The molecule has 0 aliphatic carbocycles. The summed E-state index contributed by atoms with van der Waals surface area (Å²) < 4.78 is 0. The Bertz CT molecular complexity index is 541. The molecule has 16 heavy (non-hydrogen) atoms. The quantitative estimate of drug-likeness (QED) is 0.523. The molecule has 1 amide bonds. The summed E-state index contributed by atoms with van der Waals surface area (Å²) in [7, 11) is 0. The van der Waals surface area contributed by atoms with Crippen LogP contribution in [0, 0.1) is 25.2 Å². The van der Waals surface area contributed by atoms with Crippen LogP contribution in [-0.2, 0) is 4.79 Å². The fourth-order valence-electron chi connectivity index (χ4n) is 2.02. The van der Waals surface area contributed by atoms with Gasteiger partial charge in [-0.25, -0.2) is 0 Å². The summed E-state index contributed by atoms with van der Waals surface area (Å²) in [6.45, 7) is 3.61. The van der Waals surface area contributed by atoms with E-state index in [2.05, 4.69) is 0 Å². The Morgan fingerprint density at radius 3 is 2.62 bits per heavy atom. The van der Waals surface area contributed by atoms with Crippen molar-refractivity contribution in [1.82, 2.24) is 0 Å². The zero-order valence-electron chi connectivity index (χ0n) is 9.07. The van der Waals surface area contributed by atoms with Crippen molar-refractivity contribution in [3.8, 4) is 6.07 Å². The monoisotopic (exact) mass is 214 g/mol. The Kier molecular flexibility index (Phi) is 2.24. The molecule has 0 saturated heterocycles. The number of fused-ring (bicyclic) bond motifs is 1. The Morgan fingerprint density at radius 2 is 2.00 bits per heavy atom. The van der Waals surface area contributed by atoms with E-state index in [1.165, 1.54) is 4.90 Å². The number of anilines is 1. The lowest BCUT2D eigenvalue weighted by atomic mass is 10.0. The van der Waals surface area contributed by atoms with E-state index in [4.69, 9.17) is 5.26 Å². The molecule has 1 aromatic carbocycles. The molecule has 2 rings (SSSR count). The van der Waals surface area contributed by atoms with Crippen molar-refractivity contribution in [3.05, 3.63) is 28.8 Å². The van der Waals surface area contributed by atoms with Gasteiger partial charge in [0.1, 0.15) is 6.54 Å². The van der Waals surface area contributed by atoms with E-state index in [1.807, 2.05) is 19.1 Å². The predicted octanol–water partition coefficient (Wildman–Crippen LogP) is 1.36. The maximum Gasteiger partial charge on any atom is 0.300 e. The molecule has 0 spiro atoms. The van der Waals surface area contributed by atoms with E-state index in [-0.39, 0.29) is 6.54 Å². The molecule has 0 fully saturated rings. The predicted molar refractivity (Wildman–Crippen MR) is 58.2 cm³/mol. The van der Waals surface area contributed by atoms with Crippen LogP contribution < -0.4 is 4.90 Å². The maximum atomic E-state index is 11.7. The summed E-state index contributed by atoms with van der Waals surface area (Å²) >= 11 is 0.